The van der Waals surface area contributed by atoms with Crippen molar-refractivity contribution in [3.63, 3.8) is 0 Å². The molecule has 0 aliphatic rings. The first-order chi connectivity index (χ1) is 10.1. The first-order valence-electron chi connectivity index (χ1n) is 7.82. The van der Waals surface area contributed by atoms with Crippen molar-refractivity contribution in [1.82, 2.24) is 10.3 Å². The lowest BCUT2D eigenvalue weighted by molar-refractivity contribution is 0.516. The smallest absolute Gasteiger partial charge is 0.0579 e. The van der Waals surface area contributed by atoms with Crippen molar-refractivity contribution in [1.29, 1.82) is 0 Å². The second-order valence-corrected chi connectivity index (χ2v) is 5.90. The number of benzene rings is 1. The van der Waals surface area contributed by atoms with E-state index in [9.17, 15) is 0 Å². The van der Waals surface area contributed by atoms with Crippen molar-refractivity contribution in [2.75, 3.05) is 6.54 Å². The number of aromatic nitrogens is 1. The summed E-state index contributed by atoms with van der Waals surface area (Å²) in [6.07, 6.45) is 4.04. The average Bonchev–Trinajstić information content (AvgIpc) is 2.47. The Morgan fingerprint density at radius 1 is 1.05 bits per heavy atom. The van der Waals surface area contributed by atoms with E-state index in [1.807, 2.05) is 6.20 Å². The van der Waals surface area contributed by atoms with Crippen LogP contribution < -0.4 is 5.32 Å². The van der Waals surface area contributed by atoms with Crippen LogP contribution in [0.25, 0.3) is 0 Å². The second kappa shape index (κ2) is 7.37. The van der Waals surface area contributed by atoms with Gasteiger partial charge in [0, 0.05) is 6.20 Å². The maximum absolute atomic E-state index is 4.58. The molecule has 1 N–H and O–H groups in total. The summed E-state index contributed by atoms with van der Waals surface area (Å²) in [4.78, 5) is 4.58. The zero-order chi connectivity index (χ0) is 15.2. The van der Waals surface area contributed by atoms with Gasteiger partial charge in [-0.25, -0.2) is 0 Å². The van der Waals surface area contributed by atoms with Crippen molar-refractivity contribution in [3.8, 4) is 0 Å². The highest BCUT2D eigenvalue weighted by molar-refractivity contribution is 5.32. The van der Waals surface area contributed by atoms with Crippen LogP contribution in [0.15, 0.2) is 36.5 Å². The number of hydrogen-bond donors (Lipinski definition) is 1. The molecular formula is C19H26N2. The fraction of sp³-hybridized carbons (Fsp3) is 0.421. The van der Waals surface area contributed by atoms with E-state index in [2.05, 4.69) is 68.3 Å². The molecule has 0 spiro atoms. The maximum atomic E-state index is 4.58. The molecule has 21 heavy (non-hydrogen) atoms. The molecular weight excluding hydrogens is 256 g/mol. The fourth-order valence-electron chi connectivity index (χ4n) is 2.59. The van der Waals surface area contributed by atoms with Gasteiger partial charge in [-0.2, -0.15) is 0 Å². The largest absolute Gasteiger partial charge is 0.308 e. The third-order valence-corrected chi connectivity index (χ3v) is 3.86. The number of nitrogens with one attached hydrogen (secondary N) is 1. The Morgan fingerprint density at radius 3 is 2.52 bits per heavy atom. The molecule has 1 aromatic heterocycles. The van der Waals surface area contributed by atoms with Gasteiger partial charge in [-0.05, 0) is 69.0 Å². The normalized spacial score (nSPS) is 12.4. The minimum absolute atomic E-state index is 0.283. The molecule has 0 bridgehead atoms. The summed E-state index contributed by atoms with van der Waals surface area (Å²) in [6, 6.07) is 11.2. The second-order valence-electron chi connectivity index (χ2n) is 5.90. The Morgan fingerprint density at radius 2 is 1.81 bits per heavy atom. The van der Waals surface area contributed by atoms with Crippen molar-refractivity contribution in [3.05, 3.63) is 64.5 Å². The average molecular weight is 282 g/mol. The molecule has 1 aromatic carbocycles. The van der Waals surface area contributed by atoms with Gasteiger partial charge in [0.1, 0.15) is 0 Å². The van der Waals surface area contributed by atoms with Gasteiger partial charge in [-0.15, -0.1) is 0 Å². The summed E-state index contributed by atoms with van der Waals surface area (Å²) in [5.74, 6) is 0. The first-order valence-corrected chi connectivity index (χ1v) is 7.82. The number of hydrogen-bond acceptors (Lipinski definition) is 2. The predicted octanol–water partition coefficient (Wildman–Crippen LogP) is 4.29. The monoisotopic (exact) mass is 282 g/mol. The van der Waals surface area contributed by atoms with E-state index in [1.54, 1.807) is 0 Å². The molecule has 0 radical (unpaired) electrons. The molecule has 0 amide bonds. The maximum Gasteiger partial charge on any atom is 0.0579 e. The van der Waals surface area contributed by atoms with Crippen LogP contribution in [0.1, 0.15) is 47.3 Å². The quantitative estimate of drug-likeness (QED) is 0.855. The van der Waals surface area contributed by atoms with Gasteiger partial charge in [0.2, 0.25) is 0 Å². The lowest BCUT2D eigenvalue weighted by Gasteiger charge is -2.20. The van der Waals surface area contributed by atoms with Gasteiger partial charge >= 0.3 is 0 Å². The zero-order valence-electron chi connectivity index (χ0n) is 13.6. The van der Waals surface area contributed by atoms with Crippen molar-refractivity contribution in [2.45, 2.75) is 46.6 Å². The summed E-state index contributed by atoms with van der Waals surface area (Å²) in [5, 5.41) is 3.65. The minimum Gasteiger partial charge on any atom is -0.308 e. The van der Waals surface area contributed by atoms with Crippen molar-refractivity contribution < 1.29 is 0 Å². The van der Waals surface area contributed by atoms with Gasteiger partial charge in [-0.3, -0.25) is 4.98 Å². The highest BCUT2D eigenvalue weighted by Gasteiger charge is 2.14. The number of nitrogens with zero attached hydrogens (tertiary/aromatic N) is 1. The van der Waals surface area contributed by atoms with Gasteiger partial charge in [0.25, 0.3) is 0 Å². The molecule has 0 saturated carbocycles. The highest BCUT2D eigenvalue weighted by atomic mass is 14.9. The van der Waals surface area contributed by atoms with E-state index in [4.69, 9.17) is 0 Å². The molecule has 0 fully saturated rings. The summed E-state index contributed by atoms with van der Waals surface area (Å²) in [6.45, 7) is 9.69. The summed E-state index contributed by atoms with van der Waals surface area (Å²) in [5.41, 5.74) is 6.50. The van der Waals surface area contributed by atoms with Crippen LogP contribution in [0, 0.1) is 20.8 Å². The van der Waals surface area contributed by atoms with E-state index < -0.39 is 0 Å². The van der Waals surface area contributed by atoms with Crippen LogP contribution in [-0.2, 0) is 6.42 Å². The molecule has 112 valence electrons. The summed E-state index contributed by atoms with van der Waals surface area (Å²) < 4.78 is 0. The molecule has 0 aliphatic heterocycles. The Balaban J connectivity index is 2.25. The highest BCUT2D eigenvalue weighted by Crippen LogP contribution is 2.21. The third kappa shape index (κ3) is 4.40. The Kier molecular flexibility index (Phi) is 5.51. The minimum atomic E-state index is 0.283. The lowest BCUT2D eigenvalue weighted by atomic mass is 9.96. The SMILES string of the molecule is CCCNC(Cc1cc(C)ccc1C)c1cc(C)ccn1. The first kappa shape index (κ1) is 15.7. The van der Waals surface area contributed by atoms with E-state index in [-0.39, 0.29) is 6.04 Å². The van der Waals surface area contributed by atoms with Gasteiger partial charge in [0.05, 0.1) is 11.7 Å². The van der Waals surface area contributed by atoms with E-state index in [1.165, 1.54) is 22.3 Å². The van der Waals surface area contributed by atoms with Gasteiger partial charge in [0.15, 0.2) is 0 Å². The van der Waals surface area contributed by atoms with Crippen LogP contribution in [0.4, 0.5) is 0 Å². The van der Waals surface area contributed by atoms with Crippen LogP contribution in [-0.4, -0.2) is 11.5 Å². The van der Waals surface area contributed by atoms with E-state index in [0.29, 0.717) is 0 Å². The third-order valence-electron chi connectivity index (χ3n) is 3.86. The van der Waals surface area contributed by atoms with E-state index >= 15 is 0 Å². The zero-order valence-corrected chi connectivity index (χ0v) is 13.6. The Hall–Kier alpha value is -1.67. The predicted molar refractivity (Wildman–Crippen MR) is 89.6 cm³/mol. The molecule has 2 heteroatoms. The van der Waals surface area contributed by atoms with Crippen LogP contribution >= 0.6 is 0 Å². The number of aryl methyl sites for hydroxylation is 3. The van der Waals surface area contributed by atoms with Crippen molar-refractivity contribution >= 4 is 0 Å². The fourth-order valence-corrected chi connectivity index (χ4v) is 2.59. The molecule has 1 unspecified atom stereocenters. The Labute approximate surface area is 128 Å². The molecule has 2 nitrogen and oxygen atoms in total. The summed E-state index contributed by atoms with van der Waals surface area (Å²) >= 11 is 0. The molecule has 1 heterocycles. The molecule has 0 aliphatic carbocycles. The molecule has 2 rings (SSSR count). The van der Waals surface area contributed by atoms with Crippen LogP contribution in [0.5, 0.6) is 0 Å². The van der Waals surface area contributed by atoms with Crippen LogP contribution in [0.3, 0.4) is 0 Å². The Bertz CT molecular complexity index is 590. The molecule has 2 aromatic rings. The van der Waals surface area contributed by atoms with Gasteiger partial charge in [-0.1, -0.05) is 30.7 Å². The van der Waals surface area contributed by atoms with Crippen molar-refractivity contribution in [2.24, 2.45) is 0 Å². The summed E-state index contributed by atoms with van der Waals surface area (Å²) in [7, 11) is 0. The standard InChI is InChI=1S/C19H26N2/c1-5-9-20-19(18-12-15(3)8-10-21-18)13-17-11-14(2)6-7-16(17)4/h6-8,10-12,19-20H,5,9,13H2,1-4H3. The van der Waals surface area contributed by atoms with E-state index in [0.717, 1.165) is 25.1 Å². The van der Waals surface area contributed by atoms with Gasteiger partial charge < -0.3 is 5.32 Å². The lowest BCUT2D eigenvalue weighted by Crippen LogP contribution is -2.25. The number of pyridine rings is 1. The topological polar surface area (TPSA) is 24.9 Å². The number of rotatable bonds is 6. The molecule has 0 saturated heterocycles. The molecule has 1 atom stereocenters. The van der Waals surface area contributed by atoms with Crippen LogP contribution in [0.2, 0.25) is 0 Å².